The summed E-state index contributed by atoms with van der Waals surface area (Å²) in [5, 5.41) is 40.1. The molecule has 6 rings (SSSR count). The van der Waals surface area contributed by atoms with Gasteiger partial charge in [-0.1, -0.05) is 56.3 Å². The second kappa shape index (κ2) is 17.6. The van der Waals surface area contributed by atoms with Crippen LogP contribution in [0.4, 0.5) is 0 Å². The number of ketones is 1. The number of aliphatic hydroxyl groups excluding tert-OH is 2. The van der Waals surface area contributed by atoms with E-state index in [1.807, 2.05) is 0 Å². The van der Waals surface area contributed by atoms with Crippen LogP contribution in [0.15, 0.2) is 77.4 Å². The van der Waals surface area contributed by atoms with Crippen LogP contribution < -0.4 is 10.1 Å². The van der Waals surface area contributed by atoms with Crippen molar-refractivity contribution in [1.82, 2.24) is 5.32 Å². The normalized spacial score (nSPS) is 31.9. The molecule has 0 aromatic heterocycles. The van der Waals surface area contributed by atoms with Gasteiger partial charge in [-0.2, -0.15) is 0 Å². The molecule has 16 nitrogen and oxygen atoms in total. The number of fused-ring (bicyclic) bond motifs is 5. The lowest BCUT2D eigenvalue weighted by atomic mass is 9.44. The van der Waals surface area contributed by atoms with Gasteiger partial charge in [-0.25, -0.2) is 4.79 Å². The maximum absolute atomic E-state index is 15.5. The fourth-order valence-corrected chi connectivity index (χ4v) is 10.1. The number of ether oxygens (including phenoxy) is 6. The highest BCUT2D eigenvalue weighted by Gasteiger charge is 2.78. The summed E-state index contributed by atoms with van der Waals surface area (Å²) in [6, 6.07) is 13.5. The summed E-state index contributed by atoms with van der Waals surface area (Å²) in [7, 11) is 1.41. The van der Waals surface area contributed by atoms with Gasteiger partial charge < -0.3 is 49.1 Å². The molecule has 3 aliphatic carbocycles. The standard InChI is InChI=1S/C47H57NO15/c1-10-24(2)42(55)48-37(28-15-12-11-13-16-28)31(51)20-35(53)61-32-22-47(57)41(62-43(56)29-17-14-18-30(19-29)58-9)39-45(8,33(52)21-34-46(39,23-59-34)63-27(5)50)40(54)38(60-26(4)49)36(25(32)3)44(47,6)7/h10-19,31-34,37-39,41,51-52,57H,20-23H2,1-9H3,(H,48,55)/b24-10+/t31-,32-,33-,34+,37-,38+,39?,41-,45+,46-,47+/m0/s1. The topological polar surface area (TPSA) is 231 Å². The summed E-state index contributed by atoms with van der Waals surface area (Å²) in [6.45, 7) is 11.3. The summed E-state index contributed by atoms with van der Waals surface area (Å²) < 4.78 is 35.7. The molecule has 340 valence electrons. The summed E-state index contributed by atoms with van der Waals surface area (Å²) in [5.41, 5.74) is -6.75. The summed E-state index contributed by atoms with van der Waals surface area (Å²) in [5.74, 6) is -6.19. The maximum Gasteiger partial charge on any atom is 0.338 e. The second-order valence-electron chi connectivity index (χ2n) is 17.7. The van der Waals surface area contributed by atoms with Crippen molar-refractivity contribution in [1.29, 1.82) is 0 Å². The lowest BCUT2D eigenvalue weighted by Gasteiger charge is -2.67. The van der Waals surface area contributed by atoms with E-state index in [-0.39, 0.29) is 29.7 Å². The zero-order chi connectivity index (χ0) is 46.4. The Morgan fingerprint density at radius 1 is 0.968 bits per heavy atom. The van der Waals surface area contributed by atoms with Crippen molar-refractivity contribution in [3.63, 3.8) is 0 Å². The van der Waals surface area contributed by atoms with E-state index in [0.29, 0.717) is 16.9 Å². The smallest absolute Gasteiger partial charge is 0.338 e. The van der Waals surface area contributed by atoms with Gasteiger partial charge >= 0.3 is 23.9 Å². The second-order valence-corrected chi connectivity index (χ2v) is 17.7. The number of rotatable bonds is 12. The van der Waals surface area contributed by atoms with E-state index >= 15 is 4.79 Å². The Balaban J connectivity index is 1.51. The number of hydrogen-bond acceptors (Lipinski definition) is 15. The highest BCUT2D eigenvalue weighted by molar-refractivity contribution is 5.96. The predicted molar refractivity (Wildman–Crippen MR) is 223 cm³/mol. The molecule has 16 heteroatoms. The maximum atomic E-state index is 15.5. The molecule has 2 saturated carbocycles. The van der Waals surface area contributed by atoms with Gasteiger partial charge in [-0.15, -0.1) is 0 Å². The molecule has 2 bridgehead atoms. The Morgan fingerprint density at radius 2 is 1.65 bits per heavy atom. The molecule has 3 fully saturated rings. The molecule has 4 N–H and O–H groups in total. The van der Waals surface area contributed by atoms with Crippen LogP contribution in [-0.2, 0) is 47.7 Å². The first-order chi connectivity index (χ1) is 29.6. The first kappa shape index (κ1) is 47.1. The zero-order valence-electron chi connectivity index (χ0n) is 37.0. The van der Waals surface area contributed by atoms with Crippen molar-refractivity contribution in [3.05, 3.63) is 88.5 Å². The fourth-order valence-electron chi connectivity index (χ4n) is 10.1. The molecule has 1 saturated heterocycles. The molecular weight excluding hydrogens is 819 g/mol. The lowest BCUT2D eigenvalue weighted by Crippen LogP contribution is -2.82. The van der Waals surface area contributed by atoms with Gasteiger partial charge in [0.1, 0.15) is 29.7 Å². The van der Waals surface area contributed by atoms with Crippen LogP contribution in [0.5, 0.6) is 5.75 Å². The number of methoxy groups -OCH3 is 1. The minimum absolute atomic E-state index is 0.00709. The third-order valence-electron chi connectivity index (χ3n) is 13.7. The molecule has 4 aliphatic rings. The molecule has 1 amide bonds. The molecule has 1 aliphatic heterocycles. The first-order valence-corrected chi connectivity index (χ1v) is 20.9. The number of esters is 4. The van der Waals surface area contributed by atoms with E-state index in [2.05, 4.69) is 5.32 Å². The number of carbonyl (C=O) groups is 6. The van der Waals surface area contributed by atoms with Gasteiger partial charge in [-0.05, 0) is 62.6 Å². The Bertz CT molecular complexity index is 2220. The van der Waals surface area contributed by atoms with E-state index in [1.54, 1.807) is 83.2 Å². The molecule has 2 aromatic rings. The Morgan fingerprint density at radius 3 is 2.24 bits per heavy atom. The van der Waals surface area contributed by atoms with Gasteiger partial charge in [0.2, 0.25) is 5.91 Å². The van der Waals surface area contributed by atoms with E-state index in [0.717, 1.165) is 13.8 Å². The van der Waals surface area contributed by atoms with Crippen LogP contribution >= 0.6 is 0 Å². The average Bonchev–Trinajstić information content (AvgIpc) is 3.23. The molecule has 63 heavy (non-hydrogen) atoms. The average molecular weight is 876 g/mol. The quantitative estimate of drug-likeness (QED) is 0.103. The Kier molecular flexibility index (Phi) is 13.2. The van der Waals surface area contributed by atoms with Crippen LogP contribution in [0.1, 0.15) is 96.6 Å². The van der Waals surface area contributed by atoms with Gasteiger partial charge in [0, 0.05) is 37.7 Å². The molecular formula is C47H57NO15. The number of nitrogens with one attached hydrogen (secondary N) is 1. The van der Waals surface area contributed by atoms with Gasteiger partial charge in [-0.3, -0.25) is 24.0 Å². The molecule has 11 atom stereocenters. The van der Waals surface area contributed by atoms with Crippen LogP contribution in [0.3, 0.4) is 0 Å². The number of benzene rings is 2. The molecule has 2 aromatic carbocycles. The van der Waals surface area contributed by atoms with Crippen LogP contribution in [0.2, 0.25) is 0 Å². The fraction of sp³-hybridized carbons (Fsp3) is 0.532. The largest absolute Gasteiger partial charge is 0.497 e. The first-order valence-electron chi connectivity index (χ1n) is 20.9. The van der Waals surface area contributed by atoms with E-state index < -0.39 is 119 Å². The third kappa shape index (κ3) is 8.18. The Hall–Kier alpha value is -5.42. The SMILES string of the molecule is C/C=C(\C)C(=O)N[C@@H](c1ccccc1)[C@@H](O)CC(=O)O[C@H]1C[C@@]2(O)[C@@H](OC(=O)c3cccc(OC)c3)C3[C@](C)(C(=O)[C@H](OC(C)=O)C(=C1C)C2(C)C)[C@@H](O)C[C@H]1OC[C@@]31OC(C)=O. The van der Waals surface area contributed by atoms with Crippen molar-refractivity contribution < 1.29 is 72.5 Å². The van der Waals surface area contributed by atoms with Crippen LogP contribution in [-0.4, -0.2) is 112 Å². The number of aliphatic hydroxyl groups is 3. The van der Waals surface area contributed by atoms with Crippen molar-refractivity contribution in [2.24, 2.45) is 16.7 Å². The number of carbonyl (C=O) groups excluding carboxylic acids is 6. The highest BCUT2D eigenvalue weighted by Crippen LogP contribution is 2.64. The van der Waals surface area contributed by atoms with Gasteiger partial charge in [0.25, 0.3) is 0 Å². The number of Topliss-reactive ketones (excluding diaryl/α,β-unsaturated/α-hetero) is 1. The molecule has 1 unspecified atom stereocenters. The van der Waals surface area contributed by atoms with E-state index in [1.165, 1.54) is 26.2 Å². The lowest BCUT2D eigenvalue weighted by molar-refractivity contribution is -0.346. The highest BCUT2D eigenvalue weighted by atomic mass is 16.6. The minimum Gasteiger partial charge on any atom is -0.497 e. The van der Waals surface area contributed by atoms with Crippen LogP contribution in [0.25, 0.3) is 0 Å². The van der Waals surface area contributed by atoms with Gasteiger partial charge in [0.15, 0.2) is 17.5 Å². The number of hydrogen-bond donors (Lipinski definition) is 4. The molecule has 0 spiro atoms. The van der Waals surface area contributed by atoms with Crippen molar-refractivity contribution in [2.75, 3.05) is 13.7 Å². The summed E-state index contributed by atoms with van der Waals surface area (Å²) >= 11 is 0. The van der Waals surface area contributed by atoms with E-state index in [4.69, 9.17) is 28.4 Å². The number of allylic oxidation sites excluding steroid dienone is 1. The van der Waals surface area contributed by atoms with Crippen molar-refractivity contribution in [2.45, 2.75) is 129 Å². The van der Waals surface area contributed by atoms with Crippen molar-refractivity contribution in [3.8, 4) is 5.75 Å². The van der Waals surface area contributed by atoms with Gasteiger partial charge in [0.05, 0.1) is 55.3 Å². The van der Waals surface area contributed by atoms with E-state index in [9.17, 15) is 39.3 Å². The molecule has 0 radical (unpaired) electrons. The molecule has 1 heterocycles. The monoisotopic (exact) mass is 875 g/mol. The predicted octanol–water partition coefficient (Wildman–Crippen LogP) is 3.79. The summed E-state index contributed by atoms with van der Waals surface area (Å²) in [4.78, 5) is 83.0. The third-order valence-corrected chi connectivity index (χ3v) is 13.7. The summed E-state index contributed by atoms with van der Waals surface area (Å²) in [6.07, 6.45) is -8.93. The zero-order valence-corrected chi connectivity index (χ0v) is 37.0. The van der Waals surface area contributed by atoms with Crippen LogP contribution in [0, 0.1) is 16.7 Å². The number of amides is 1. The minimum atomic E-state index is -2.38. The van der Waals surface area contributed by atoms with Crippen molar-refractivity contribution >= 4 is 35.6 Å². The Labute approximate surface area is 365 Å².